The maximum atomic E-state index is 3.95. The Kier molecular flexibility index (Phi) is 7.18. The van der Waals surface area contributed by atoms with E-state index in [0.717, 1.165) is 5.69 Å². The van der Waals surface area contributed by atoms with Crippen molar-refractivity contribution in [2.24, 2.45) is 5.10 Å². The van der Waals surface area contributed by atoms with E-state index in [1.807, 2.05) is 36.4 Å². The molecule has 1 aromatic rings. The summed E-state index contributed by atoms with van der Waals surface area (Å²) in [6.45, 7) is 0. The molecule has 0 bridgehead atoms. The van der Waals surface area contributed by atoms with Crippen molar-refractivity contribution in [3.05, 3.63) is 35.9 Å². The van der Waals surface area contributed by atoms with Gasteiger partial charge in [0.15, 0.2) is 0 Å². The molecule has 0 fully saturated rings. The van der Waals surface area contributed by atoms with Gasteiger partial charge in [0.2, 0.25) is 0 Å². The first-order valence-electron chi connectivity index (χ1n) is 3.51. The van der Waals surface area contributed by atoms with Crippen LogP contribution in [0.4, 0.5) is 5.69 Å². The molecule has 7 N–H and O–H groups in total. The smallest absolute Gasteiger partial charge is 0.0634 e. The number of benzene rings is 1. The number of nitrogens with zero attached hydrogens (tertiary/aromatic N) is 1. The standard InChI is InChI=1S/C9H8N2.3H2O/c1-2-6-9-8(4-1)5-3-7-10-11-9;;;/h1-7,11H;3*1H2. The van der Waals surface area contributed by atoms with Crippen LogP contribution in [-0.4, -0.2) is 22.6 Å². The molecule has 2 rings (SSSR count). The van der Waals surface area contributed by atoms with Crippen LogP contribution in [-0.2, 0) is 0 Å². The number of hydrogen-bond acceptors (Lipinski definition) is 2. The molecular formula is C9H14N2O3. The Morgan fingerprint density at radius 3 is 2.50 bits per heavy atom. The maximum absolute atomic E-state index is 3.95. The lowest BCUT2D eigenvalue weighted by Crippen LogP contribution is -1.87. The number of fused-ring (bicyclic) bond motifs is 1. The Morgan fingerprint density at radius 1 is 1.00 bits per heavy atom. The summed E-state index contributed by atoms with van der Waals surface area (Å²) in [5, 5.41) is 3.95. The molecule has 0 spiro atoms. The van der Waals surface area contributed by atoms with Crippen molar-refractivity contribution >= 4 is 18.0 Å². The third-order valence-electron chi connectivity index (χ3n) is 1.58. The second-order valence-electron chi connectivity index (χ2n) is 2.34. The Morgan fingerprint density at radius 2 is 1.71 bits per heavy atom. The van der Waals surface area contributed by atoms with E-state index in [0.29, 0.717) is 0 Å². The molecule has 0 aliphatic carbocycles. The Balaban J connectivity index is 0. The highest BCUT2D eigenvalue weighted by Crippen LogP contribution is 2.17. The van der Waals surface area contributed by atoms with Gasteiger partial charge >= 0.3 is 0 Å². The van der Waals surface area contributed by atoms with Crippen molar-refractivity contribution in [1.29, 1.82) is 0 Å². The van der Waals surface area contributed by atoms with Crippen molar-refractivity contribution in [2.75, 3.05) is 5.43 Å². The summed E-state index contributed by atoms with van der Waals surface area (Å²) >= 11 is 0. The highest BCUT2D eigenvalue weighted by molar-refractivity contribution is 5.83. The zero-order chi connectivity index (χ0) is 7.52. The number of para-hydroxylation sites is 1. The number of anilines is 1. The molecule has 0 amide bonds. The number of hydrazone groups is 1. The van der Waals surface area contributed by atoms with E-state index in [1.165, 1.54) is 5.56 Å². The van der Waals surface area contributed by atoms with Gasteiger partial charge in [0.25, 0.3) is 0 Å². The van der Waals surface area contributed by atoms with Gasteiger partial charge in [0, 0.05) is 6.21 Å². The van der Waals surface area contributed by atoms with Gasteiger partial charge in [-0.05, 0) is 17.7 Å². The molecule has 5 heteroatoms. The fraction of sp³-hybridized carbons (Fsp3) is 0. The van der Waals surface area contributed by atoms with Crippen LogP contribution in [0.1, 0.15) is 5.56 Å². The first-order valence-corrected chi connectivity index (χ1v) is 3.51. The third kappa shape index (κ3) is 2.98. The second kappa shape index (κ2) is 6.79. The Labute approximate surface area is 81.7 Å². The molecule has 14 heavy (non-hydrogen) atoms. The van der Waals surface area contributed by atoms with Gasteiger partial charge in [-0.25, -0.2) is 0 Å². The fourth-order valence-electron chi connectivity index (χ4n) is 1.04. The third-order valence-corrected chi connectivity index (χ3v) is 1.58. The van der Waals surface area contributed by atoms with Gasteiger partial charge in [-0.2, -0.15) is 5.10 Å². The zero-order valence-electron chi connectivity index (χ0n) is 7.49. The predicted molar refractivity (Wildman–Crippen MR) is 58.4 cm³/mol. The number of rotatable bonds is 0. The van der Waals surface area contributed by atoms with Crippen LogP contribution < -0.4 is 5.43 Å². The van der Waals surface area contributed by atoms with Crippen molar-refractivity contribution in [3.8, 4) is 0 Å². The van der Waals surface area contributed by atoms with Crippen LogP contribution in [0, 0.1) is 0 Å². The molecule has 0 saturated carbocycles. The summed E-state index contributed by atoms with van der Waals surface area (Å²) in [6, 6.07) is 8.05. The molecule has 0 unspecified atom stereocenters. The summed E-state index contributed by atoms with van der Waals surface area (Å²) in [6.07, 6.45) is 5.68. The SMILES string of the molecule is C1=Cc2ccccc2NN=C1.O.O.O. The van der Waals surface area contributed by atoms with Crippen LogP contribution in [0.2, 0.25) is 0 Å². The van der Waals surface area contributed by atoms with Gasteiger partial charge in [-0.15, -0.1) is 0 Å². The highest BCUT2D eigenvalue weighted by Gasteiger charge is 1.96. The second-order valence-corrected chi connectivity index (χ2v) is 2.34. The van der Waals surface area contributed by atoms with Crippen LogP contribution in [0.25, 0.3) is 6.08 Å². The molecule has 1 aliphatic heterocycles. The first kappa shape index (κ1) is 14.8. The van der Waals surface area contributed by atoms with Crippen LogP contribution in [0.3, 0.4) is 0 Å². The van der Waals surface area contributed by atoms with E-state index in [9.17, 15) is 0 Å². The molecule has 0 saturated heterocycles. The topological polar surface area (TPSA) is 119 Å². The van der Waals surface area contributed by atoms with Crippen LogP contribution in [0.15, 0.2) is 35.4 Å². The van der Waals surface area contributed by atoms with Crippen molar-refractivity contribution < 1.29 is 16.4 Å². The number of nitrogens with one attached hydrogen (secondary N) is 1. The average Bonchev–Trinajstić information content (AvgIpc) is 2.28. The van der Waals surface area contributed by atoms with Gasteiger partial charge in [-0.3, -0.25) is 5.43 Å². The molecule has 1 aliphatic rings. The highest BCUT2D eigenvalue weighted by atomic mass is 16.0. The molecule has 0 radical (unpaired) electrons. The Bertz CT molecular complexity index is 324. The molecule has 5 nitrogen and oxygen atoms in total. The van der Waals surface area contributed by atoms with E-state index in [4.69, 9.17) is 0 Å². The van der Waals surface area contributed by atoms with Crippen molar-refractivity contribution in [3.63, 3.8) is 0 Å². The van der Waals surface area contributed by atoms with Crippen molar-refractivity contribution in [1.82, 2.24) is 0 Å². The average molecular weight is 198 g/mol. The molecule has 1 aromatic carbocycles. The van der Waals surface area contributed by atoms with Crippen LogP contribution >= 0.6 is 0 Å². The summed E-state index contributed by atoms with van der Waals surface area (Å²) in [7, 11) is 0. The van der Waals surface area contributed by atoms with E-state index in [2.05, 4.69) is 10.5 Å². The lowest BCUT2D eigenvalue weighted by molar-refractivity contribution is 0.823. The quantitative estimate of drug-likeness (QED) is 0.601. The maximum Gasteiger partial charge on any atom is 0.0634 e. The largest absolute Gasteiger partial charge is 0.412 e. The summed E-state index contributed by atoms with van der Waals surface area (Å²) in [4.78, 5) is 0. The summed E-state index contributed by atoms with van der Waals surface area (Å²) in [5.41, 5.74) is 5.16. The van der Waals surface area contributed by atoms with E-state index in [1.54, 1.807) is 6.21 Å². The lowest BCUT2D eigenvalue weighted by Gasteiger charge is -2.00. The van der Waals surface area contributed by atoms with Gasteiger partial charge in [0.1, 0.15) is 0 Å². The minimum absolute atomic E-state index is 0. The van der Waals surface area contributed by atoms with E-state index >= 15 is 0 Å². The lowest BCUT2D eigenvalue weighted by atomic mass is 10.2. The summed E-state index contributed by atoms with van der Waals surface area (Å²) in [5.74, 6) is 0. The normalized spacial score (nSPS) is 10.6. The minimum atomic E-state index is 0. The summed E-state index contributed by atoms with van der Waals surface area (Å²) < 4.78 is 0. The van der Waals surface area contributed by atoms with E-state index in [-0.39, 0.29) is 16.4 Å². The molecule has 78 valence electrons. The predicted octanol–water partition coefficient (Wildman–Crippen LogP) is -0.363. The first-order chi connectivity index (χ1) is 5.47. The van der Waals surface area contributed by atoms with Gasteiger partial charge in [-0.1, -0.05) is 24.3 Å². The monoisotopic (exact) mass is 198 g/mol. The zero-order valence-corrected chi connectivity index (χ0v) is 7.49. The number of hydrogen-bond donors (Lipinski definition) is 1. The molecule has 0 aromatic heterocycles. The van der Waals surface area contributed by atoms with Gasteiger partial charge < -0.3 is 16.4 Å². The van der Waals surface area contributed by atoms with Crippen LogP contribution in [0.5, 0.6) is 0 Å². The molecular weight excluding hydrogens is 184 g/mol. The fourth-order valence-corrected chi connectivity index (χ4v) is 1.04. The van der Waals surface area contributed by atoms with Crippen molar-refractivity contribution in [2.45, 2.75) is 0 Å². The molecule has 1 heterocycles. The molecule has 0 atom stereocenters. The minimum Gasteiger partial charge on any atom is -0.412 e. The number of allylic oxidation sites excluding steroid dienone is 1. The Hall–Kier alpha value is -1.69. The van der Waals surface area contributed by atoms with E-state index < -0.39 is 0 Å². The van der Waals surface area contributed by atoms with Gasteiger partial charge in [0.05, 0.1) is 5.69 Å².